The van der Waals surface area contributed by atoms with Crippen LogP contribution in [0.4, 0.5) is 5.13 Å². The normalized spacial score (nSPS) is 11.5. The van der Waals surface area contributed by atoms with Gasteiger partial charge in [-0.3, -0.25) is 4.99 Å². The highest BCUT2D eigenvalue weighted by Gasteiger charge is 2.04. The van der Waals surface area contributed by atoms with Gasteiger partial charge in [0, 0.05) is 33.1 Å². The maximum absolute atomic E-state index is 4.52. The number of anilines is 1. The molecule has 0 unspecified atom stereocenters. The summed E-state index contributed by atoms with van der Waals surface area (Å²) in [5, 5.41) is 9.67. The van der Waals surface area contributed by atoms with Crippen LogP contribution in [0.5, 0.6) is 0 Å². The number of hydrogen-bond donors (Lipinski definition) is 2. The first kappa shape index (κ1) is 16.1. The topological polar surface area (TPSA) is 52.6 Å². The molecule has 0 aromatic carbocycles. The molecule has 0 spiro atoms. The van der Waals surface area contributed by atoms with Gasteiger partial charge in [-0.1, -0.05) is 0 Å². The largest absolute Gasteiger partial charge is 0.356 e. The number of guanidine groups is 1. The molecule has 0 bridgehead atoms. The van der Waals surface area contributed by atoms with E-state index >= 15 is 0 Å². The van der Waals surface area contributed by atoms with Gasteiger partial charge in [-0.15, -0.1) is 11.3 Å². The minimum Gasteiger partial charge on any atom is -0.356 e. The number of thioether (sulfide) groups is 1. The van der Waals surface area contributed by atoms with Crippen molar-refractivity contribution in [1.82, 2.24) is 15.6 Å². The van der Waals surface area contributed by atoms with Crippen molar-refractivity contribution in [2.75, 3.05) is 44.6 Å². The maximum atomic E-state index is 4.52. The molecule has 0 atom stereocenters. The lowest BCUT2D eigenvalue weighted by Gasteiger charge is -2.10. The third kappa shape index (κ3) is 6.15. The van der Waals surface area contributed by atoms with Crippen LogP contribution >= 0.6 is 23.1 Å². The van der Waals surface area contributed by atoms with Crippen LogP contribution in [0.25, 0.3) is 0 Å². The third-order valence-corrected chi connectivity index (χ3v) is 4.15. The first-order valence-corrected chi connectivity index (χ1v) is 8.50. The van der Waals surface area contributed by atoms with Gasteiger partial charge in [0.25, 0.3) is 0 Å². The lowest BCUT2D eigenvalue weighted by Crippen LogP contribution is -2.37. The zero-order valence-electron chi connectivity index (χ0n) is 12.1. The van der Waals surface area contributed by atoms with E-state index in [0.29, 0.717) is 6.54 Å². The monoisotopic (exact) mass is 301 g/mol. The Morgan fingerprint density at radius 1 is 1.47 bits per heavy atom. The number of hydrogen-bond acceptors (Lipinski definition) is 5. The second kappa shape index (κ2) is 9.03. The average molecular weight is 301 g/mol. The van der Waals surface area contributed by atoms with Crippen LogP contribution in [-0.2, 0) is 6.54 Å². The van der Waals surface area contributed by atoms with E-state index in [1.165, 1.54) is 5.75 Å². The molecule has 0 radical (unpaired) electrons. The fourth-order valence-electron chi connectivity index (χ4n) is 1.40. The fourth-order valence-corrected chi connectivity index (χ4v) is 2.59. The van der Waals surface area contributed by atoms with Crippen LogP contribution in [0.3, 0.4) is 0 Å². The van der Waals surface area contributed by atoms with E-state index in [4.69, 9.17) is 0 Å². The second-order valence-corrected chi connectivity index (χ2v) is 6.04. The van der Waals surface area contributed by atoms with Gasteiger partial charge < -0.3 is 15.5 Å². The molecule has 1 aromatic rings. The summed E-state index contributed by atoms with van der Waals surface area (Å²) in [4.78, 5) is 10.7. The highest BCUT2D eigenvalue weighted by Crippen LogP contribution is 2.17. The van der Waals surface area contributed by atoms with Gasteiger partial charge in [-0.05, 0) is 18.4 Å². The van der Waals surface area contributed by atoms with Crippen molar-refractivity contribution in [2.24, 2.45) is 4.99 Å². The summed E-state index contributed by atoms with van der Waals surface area (Å²) in [6.45, 7) is 1.65. The van der Waals surface area contributed by atoms with E-state index in [2.05, 4.69) is 32.2 Å². The van der Waals surface area contributed by atoms with Crippen LogP contribution in [0.1, 0.15) is 12.1 Å². The molecule has 0 saturated heterocycles. The van der Waals surface area contributed by atoms with Crippen LogP contribution in [0.2, 0.25) is 0 Å². The maximum Gasteiger partial charge on any atom is 0.191 e. The molecule has 108 valence electrons. The van der Waals surface area contributed by atoms with Gasteiger partial charge in [-0.25, -0.2) is 4.98 Å². The van der Waals surface area contributed by atoms with Gasteiger partial charge in [-0.2, -0.15) is 11.8 Å². The van der Waals surface area contributed by atoms with Gasteiger partial charge in [0.15, 0.2) is 11.1 Å². The van der Waals surface area contributed by atoms with Crippen molar-refractivity contribution in [1.29, 1.82) is 0 Å². The number of nitrogens with one attached hydrogen (secondary N) is 2. The number of aliphatic imine (C=N–C) groups is 1. The molecule has 1 aromatic heterocycles. The van der Waals surface area contributed by atoms with Crippen molar-refractivity contribution in [3.8, 4) is 0 Å². The molecule has 1 rings (SSSR count). The molecule has 1 heterocycles. The van der Waals surface area contributed by atoms with Gasteiger partial charge in [0.2, 0.25) is 0 Å². The van der Waals surface area contributed by atoms with E-state index in [-0.39, 0.29) is 0 Å². The smallest absolute Gasteiger partial charge is 0.191 e. The summed E-state index contributed by atoms with van der Waals surface area (Å²) in [6.07, 6.45) is 3.26. The predicted octanol–water partition coefficient (Wildman–Crippen LogP) is 1.63. The molecule has 7 heteroatoms. The Labute approximate surface area is 123 Å². The highest BCUT2D eigenvalue weighted by molar-refractivity contribution is 7.98. The fraction of sp³-hybridized carbons (Fsp3) is 0.667. The SMILES string of the molecule is CN=C(NCCCSC)NCc1csc(N(C)C)n1. The molecular weight excluding hydrogens is 278 g/mol. The van der Waals surface area contributed by atoms with Crippen LogP contribution in [0.15, 0.2) is 10.4 Å². The van der Waals surface area contributed by atoms with E-state index in [1.54, 1.807) is 18.4 Å². The molecular formula is C12H23N5S2. The van der Waals surface area contributed by atoms with E-state index < -0.39 is 0 Å². The van der Waals surface area contributed by atoms with Crippen LogP contribution < -0.4 is 15.5 Å². The standard InChI is InChI=1S/C12H23N5S2/c1-13-11(14-6-5-7-18-4)15-8-10-9-19-12(16-10)17(2)3/h9H,5-8H2,1-4H3,(H2,13,14,15). The Morgan fingerprint density at radius 2 is 2.26 bits per heavy atom. The summed E-state index contributed by atoms with van der Waals surface area (Å²) in [6, 6.07) is 0. The van der Waals surface area contributed by atoms with Gasteiger partial charge >= 0.3 is 0 Å². The van der Waals surface area contributed by atoms with Gasteiger partial charge in [0.05, 0.1) is 12.2 Å². The summed E-state index contributed by atoms with van der Waals surface area (Å²) in [7, 11) is 5.79. The molecule has 0 fully saturated rings. The Bertz CT molecular complexity index is 389. The Balaban J connectivity index is 2.32. The lowest BCUT2D eigenvalue weighted by atomic mass is 10.4. The predicted molar refractivity (Wildman–Crippen MR) is 87.6 cm³/mol. The Morgan fingerprint density at radius 3 is 2.84 bits per heavy atom. The molecule has 0 aliphatic rings. The van der Waals surface area contributed by atoms with Crippen molar-refractivity contribution < 1.29 is 0 Å². The summed E-state index contributed by atoms with van der Waals surface area (Å²) < 4.78 is 0. The quantitative estimate of drug-likeness (QED) is 0.455. The van der Waals surface area contributed by atoms with E-state index in [9.17, 15) is 0 Å². The molecule has 0 aliphatic carbocycles. The van der Waals surface area contributed by atoms with E-state index in [0.717, 1.165) is 29.8 Å². The Kier molecular flexibility index (Phi) is 7.66. The van der Waals surface area contributed by atoms with Crippen molar-refractivity contribution in [3.05, 3.63) is 11.1 Å². The molecule has 0 amide bonds. The number of nitrogens with zero attached hydrogens (tertiary/aromatic N) is 3. The highest BCUT2D eigenvalue weighted by atomic mass is 32.2. The summed E-state index contributed by atoms with van der Waals surface area (Å²) in [5.41, 5.74) is 1.04. The zero-order valence-corrected chi connectivity index (χ0v) is 13.7. The van der Waals surface area contributed by atoms with Crippen molar-refractivity contribution >= 4 is 34.2 Å². The number of thiazole rings is 1. The first-order chi connectivity index (χ1) is 9.17. The minimum absolute atomic E-state index is 0.701. The molecule has 5 nitrogen and oxygen atoms in total. The van der Waals surface area contributed by atoms with Crippen molar-refractivity contribution in [3.63, 3.8) is 0 Å². The molecule has 2 N–H and O–H groups in total. The summed E-state index contributed by atoms with van der Waals surface area (Å²) in [5.74, 6) is 2.00. The number of rotatable bonds is 7. The molecule has 0 aliphatic heterocycles. The minimum atomic E-state index is 0.701. The van der Waals surface area contributed by atoms with Crippen molar-refractivity contribution in [2.45, 2.75) is 13.0 Å². The Hall–Kier alpha value is -0.950. The average Bonchev–Trinajstić information content (AvgIpc) is 2.87. The summed E-state index contributed by atoms with van der Waals surface area (Å²) >= 11 is 3.52. The first-order valence-electron chi connectivity index (χ1n) is 6.22. The van der Waals surface area contributed by atoms with Crippen LogP contribution in [0, 0.1) is 0 Å². The number of aromatic nitrogens is 1. The van der Waals surface area contributed by atoms with Crippen LogP contribution in [-0.4, -0.2) is 50.6 Å². The molecule has 0 saturated carbocycles. The van der Waals surface area contributed by atoms with Gasteiger partial charge in [0.1, 0.15) is 0 Å². The van der Waals surface area contributed by atoms with E-state index in [1.807, 2.05) is 30.8 Å². The third-order valence-electron chi connectivity index (χ3n) is 2.40. The zero-order chi connectivity index (χ0) is 14.1. The lowest BCUT2D eigenvalue weighted by molar-refractivity contribution is 0.778. The second-order valence-electron chi connectivity index (χ2n) is 4.21. The molecule has 19 heavy (non-hydrogen) atoms.